The molecule has 28 heavy (non-hydrogen) atoms. The normalized spacial score (nSPS) is 11.6. The molecule has 0 spiro atoms. The average Bonchev–Trinajstić information content (AvgIpc) is 3.22. The highest BCUT2D eigenvalue weighted by molar-refractivity contribution is 5.88. The van der Waals surface area contributed by atoms with E-state index in [0.717, 1.165) is 16.8 Å². The fraction of sp³-hybridized carbons (Fsp3) is 0.0455. The molecule has 2 amide bonds. The molecule has 0 aliphatic heterocycles. The second kappa shape index (κ2) is 8.18. The molecule has 2 aromatic carbocycles. The standard InChI is InChI=1S/C22H19N5O/c28-22(26-21-24-15-16-27(21)19-9-5-2-6-10-19)25-20(17-7-3-1-4-8-17)18-11-13-23-14-12-18/h1-16,20H,(H2,24,25,26,28)/t20-/m1/s1. The van der Waals surface area contributed by atoms with E-state index in [-0.39, 0.29) is 12.1 Å². The molecule has 6 nitrogen and oxygen atoms in total. The van der Waals surface area contributed by atoms with Crippen LogP contribution in [-0.4, -0.2) is 20.6 Å². The summed E-state index contributed by atoms with van der Waals surface area (Å²) in [6, 6.07) is 22.7. The molecule has 6 heteroatoms. The van der Waals surface area contributed by atoms with Gasteiger partial charge in [-0.15, -0.1) is 0 Å². The van der Waals surface area contributed by atoms with Gasteiger partial charge in [0.05, 0.1) is 6.04 Å². The van der Waals surface area contributed by atoms with Gasteiger partial charge in [0.25, 0.3) is 0 Å². The van der Waals surface area contributed by atoms with Crippen LogP contribution in [0.15, 0.2) is 97.6 Å². The summed E-state index contributed by atoms with van der Waals surface area (Å²) in [6.45, 7) is 0. The minimum atomic E-state index is -0.339. The molecule has 0 radical (unpaired) electrons. The highest BCUT2D eigenvalue weighted by atomic mass is 16.2. The summed E-state index contributed by atoms with van der Waals surface area (Å²) in [4.78, 5) is 21.1. The van der Waals surface area contributed by atoms with E-state index in [0.29, 0.717) is 5.95 Å². The smallest absolute Gasteiger partial charge is 0.322 e. The molecule has 0 bridgehead atoms. The fourth-order valence-corrected chi connectivity index (χ4v) is 3.02. The molecule has 0 unspecified atom stereocenters. The lowest BCUT2D eigenvalue weighted by atomic mass is 10.00. The molecule has 2 aromatic heterocycles. The van der Waals surface area contributed by atoms with Crippen molar-refractivity contribution in [3.05, 3.63) is 109 Å². The lowest BCUT2D eigenvalue weighted by Gasteiger charge is -2.20. The van der Waals surface area contributed by atoms with E-state index in [1.54, 1.807) is 18.6 Å². The zero-order chi connectivity index (χ0) is 19.2. The Morgan fingerprint density at radius 2 is 1.46 bits per heavy atom. The van der Waals surface area contributed by atoms with E-state index in [9.17, 15) is 4.79 Å². The summed E-state index contributed by atoms with van der Waals surface area (Å²) in [5.41, 5.74) is 2.85. The van der Waals surface area contributed by atoms with Crippen LogP contribution in [0.3, 0.4) is 0 Å². The maximum atomic E-state index is 12.8. The van der Waals surface area contributed by atoms with E-state index in [4.69, 9.17) is 0 Å². The van der Waals surface area contributed by atoms with Crippen molar-refractivity contribution < 1.29 is 4.79 Å². The first-order valence-corrected chi connectivity index (χ1v) is 8.92. The third-order valence-electron chi connectivity index (χ3n) is 4.35. The Morgan fingerprint density at radius 1 is 0.821 bits per heavy atom. The fourth-order valence-electron chi connectivity index (χ4n) is 3.02. The lowest BCUT2D eigenvalue weighted by molar-refractivity contribution is 0.250. The van der Waals surface area contributed by atoms with Gasteiger partial charge < -0.3 is 5.32 Å². The molecule has 138 valence electrons. The Balaban J connectivity index is 1.56. The largest absolute Gasteiger partial charge is 0.327 e. The van der Waals surface area contributed by atoms with Crippen LogP contribution in [0.1, 0.15) is 17.2 Å². The maximum Gasteiger partial charge on any atom is 0.322 e. The number of hydrogen-bond donors (Lipinski definition) is 2. The average molecular weight is 369 g/mol. The molecule has 0 saturated carbocycles. The Labute approximate surface area is 162 Å². The molecular formula is C22H19N5O. The third kappa shape index (κ3) is 3.91. The van der Waals surface area contributed by atoms with Crippen LogP contribution in [0, 0.1) is 0 Å². The molecule has 4 rings (SSSR count). The number of para-hydroxylation sites is 1. The van der Waals surface area contributed by atoms with Gasteiger partial charge in [-0.05, 0) is 35.4 Å². The zero-order valence-electron chi connectivity index (χ0n) is 15.1. The van der Waals surface area contributed by atoms with Crippen molar-refractivity contribution in [2.24, 2.45) is 0 Å². The van der Waals surface area contributed by atoms with E-state index >= 15 is 0 Å². The molecule has 4 aromatic rings. The van der Waals surface area contributed by atoms with Crippen molar-refractivity contribution >= 4 is 12.0 Å². The molecule has 0 fully saturated rings. The lowest BCUT2D eigenvalue weighted by Crippen LogP contribution is -2.34. The first kappa shape index (κ1) is 17.5. The highest BCUT2D eigenvalue weighted by Crippen LogP contribution is 2.22. The van der Waals surface area contributed by atoms with Gasteiger partial charge in [-0.1, -0.05) is 48.5 Å². The molecular weight excluding hydrogens is 350 g/mol. The van der Waals surface area contributed by atoms with Gasteiger partial charge >= 0.3 is 6.03 Å². The molecule has 1 atom stereocenters. The summed E-state index contributed by atoms with van der Waals surface area (Å²) in [7, 11) is 0. The SMILES string of the molecule is O=C(Nc1nccn1-c1ccccc1)N[C@H](c1ccccc1)c1ccncc1. The number of nitrogens with zero attached hydrogens (tertiary/aromatic N) is 3. The van der Waals surface area contributed by atoms with Gasteiger partial charge in [0.2, 0.25) is 5.95 Å². The molecule has 2 heterocycles. The number of carbonyl (C=O) groups excluding carboxylic acids is 1. The predicted molar refractivity (Wildman–Crippen MR) is 108 cm³/mol. The second-order valence-corrected chi connectivity index (χ2v) is 6.18. The van der Waals surface area contributed by atoms with E-state index in [2.05, 4.69) is 20.6 Å². The van der Waals surface area contributed by atoms with Crippen molar-refractivity contribution in [1.82, 2.24) is 19.9 Å². The minimum absolute atomic E-state index is 0.302. The predicted octanol–water partition coefficient (Wildman–Crippen LogP) is 4.18. The van der Waals surface area contributed by atoms with Crippen molar-refractivity contribution in [1.29, 1.82) is 0 Å². The van der Waals surface area contributed by atoms with E-state index < -0.39 is 0 Å². The highest BCUT2D eigenvalue weighted by Gasteiger charge is 2.18. The first-order valence-electron chi connectivity index (χ1n) is 8.92. The number of pyridine rings is 1. The zero-order valence-corrected chi connectivity index (χ0v) is 15.1. The number of hydrogen-bond acceptors (Lipinski definition) is 3. The van der Waals surface area contributed by atoms with Gasteiger partial charge in [-0.2, -0.15) is 0 Å². The second-order valence-electron chi connectivity index (χ2n) is 6.18. The number of aromatic nitrogens is 3. The van der Waals surface area contributed by atoms with Gasteiger partial charge in [-0.3, -0.25) is 14.9 Å². The van der Waals surface area contributed by atoms with Gasteiger partial charge in [0.1, 0.15) is 0 Å². The van der Waals surface area contributed by atoms with Gasteiger partial charge in [0.15, 0.2) is 0 Å². The summed E-state index contributed by atoms with van der Waals surface area (Å²) in [5.74, 6) is 0.449. The first-order chi connectivity index (χ1) is 13.8. The maximum absolute atomic E-state index is 12.8. The monoisotopic (exact) mass is 369 g/mol. The number of rotatable bonds is 5. The summed E-state index contributed by atoms with van der Waals surface area (Å²) >= 11 is 0. The third-order valence-corrected chi connectivity index (χ3v) is 4.35. The molecule has 0 saturated heterocycles. The summed E-state index contributed by atoms with van der Waals surface area (Å²) in [5, 5.41) is 5.88. The Bertz CT molecular complexity index is 993. The van der Waals surface area contributed by atoms with Crippen LogP contribution in [-0.2, 0) is 0 Å². The number of benzene rings is 2. The molecule has 0 aliphatic rings. The number of imidazole rings is 1. The van der Waals surface area contributed by atoms with Gasteiger partial charge in [-0.25, -0.2) is 9.78 Å². The topological polar surface area (TPSA) is 71.8 Å². The quantitative estimate of drug-likeness (QED) is 0.554. The van der Waals surface area contributed by atoms with Crippen LogP contribution < -0.4 is 10.6 Å². The Hall–Kier alpha value is -3.93. The van der Waals surface area contributed by atoms with E-state index in [1.807, 2.05) is 83.6 Å². The molecule has 0 aliphatic carbocycles. The number of anilines is 1. The summed E-state index contributed by atoms with van der Waals surface area (Å²) < 4.78 is 1.82. The van der Waals surface area contributed by atoms with Gasteiger partial charge in [0, 0.05) is 30.5 Å². The molecule has 2 N–H and O–H groups in total. The number of amides is 2. The summed E-state index contributed by atoms with van der Waals surface area (Å²) in [6.07, 6.45) is 6.89. The number of nitrogens with one attached hydrogen (secondary N) is 2. The van der Waals surface area contributed by atoms with Crippen LogP contribution >= 0.6 is 0 Å². The van der Waals surface area contributed by atoms with Crippen LogP contribution in [0.25, 0.3) is 5.69 Å². The van der Waals surface area contributed by atoms with Crippen molar-refractivity contribution in [3.8, 4) is 5.69 Å². The van der Waals surface area contributed by atoms with E-state index in [1.165, 1.54) is 0 Å². The Kier molecular flexibility index (Phi) is 5.11. The number of urea groups is 1. The Morgan fingerprint density at radius 3 is 2.18 bits per heavy atom. The van der Waals surface area contributed by atoms with Crippen LogP contribution in [0.4, 0.5) is 10.7 Å². The van der Waals surface area contributed by atoms with Crippen molar-refractivity contribution in [3.63, 3.8) is 0 Å². The van der Waals surface area contributed by atoms with Crippen LogP contribution in [0.2, 0.25) is 0 Å². The van der Waals surface area contributed by atoms with Crippen molar-refractivity contribution in [2.75, 3.05) is 5.32 Å². The van der Waals surface area contributed by atoms with Crippen LogP contribution in [0.5, 0.6) is 0 Å². The van der Waals surface area contributed by atoms with Crippen molar-refractivity contribution in [2.45, 2.75) is 6.04 Å². The minimum Gasteiger partial charge on any atom is -0.327 e. The number of carbonyl (C=O) groups is 1.